The van der Waals surface area contributed by atoms with Gasteiger partial charge in [-0.25, -0.2) is 4.98 Å². The normalized spacial score (nSPS) is 17.4. The fraction of sp³-hybridized carbons (Fsp3) is 0.348. The third-order valence-corrected chi connectivity index (χ3v) is 6.51. The van der Waals surface area contributed by atoms with Crippen LogP contribution in [0.25, 0.3) is 33.5 Å². The molecule has 0 unspecified atom stereocenters. The van der Waals surface area contributed by atoms with Gasteiger partial charge in [0, 0.05) is 56.4 Å². The molecule has 0 aromatic carbocycles. The zero-order valence-corrected chi connectivity index (χ0v) is 18.6. The zero-order valence-electron chi connectivity index (χ0n) is 18.6. The van der Waals surface area contributed by atoms with Crippen LogP contribution in [0.15, 0.2) is 36.8 Å². The number of aryl methyl sites for hydroxylation is 2. The van der Waals surface area contributed by atoms with E-state index < -0.39 is 0 Å². The van der Waals surface area contributed by atoms with Gasteiger partial charge in [-0.3, -0.25) is 24.5 Å². The lowest BCUT2D eigenvalue weighted by atomic mass is 10.0. The van der Waals surface area contributed by atoms with Crippen molar-refractivity contribution in [3.63, 3.8) is 0 Å². The van der Waals surface area contributed by atoms with Crippen LogP contribution in [0.5, 0.6) is 0 Å². The van der Waals surface area contributed by atoms with Gasteiger partial charge in [0.1, 0.15) is 11.5 Å². The number of piperazine rings is 1. The number of amides is 1. The maximum atomic E-state index is 11.7. The van der Waals surface area contributed by atoms with Crippen LogP contribution in [0, 0.1) is 6.92 Å². The standard InChI is InChI=1S/C23H25N9O/c1-14-3-4-18(27-23(14)32-11-16(12-32)31-6-5-24-21(33)13-31)22-17-7-19(15-8-26-30(2)10-15)25-9-20(17)28-29-22/h3-4,7-10,16H,5-6,11-13H2,1-2H3,(H,24,33)(H,28,29). The summed E-state index contributed by atoms with van der Waals surface area (Å²) in [4.78, 5) is 25.8. The van der Waals surface area contributed by atoms with Crippen LogP contribution in [-0.2, 0) is 11.8 Å². The first-order chi connectivity index (χ1) is 16.0. The smallest absolute Gasteiger partial charge is 0.234 e. The molecule has 2 aliphatic heterocycles. The lowest BCUT2D eigenvalue weighted by Gasteiger charge is -2.47. The Morgan fingerprint density at radius 3 is 2.82 bits per heavy atom. The van der Waals surface area contributed by atoms with Crippen molar-refractivity contribution >= 4 is 22.6 Å². The number of rotatable bonds is 4. The largest absolute Gasteiger partial charge is 0.354 e. The number of aromatic nitrogens is 6. The number of fused-ring (bicyclic) bond motifs is 1. The number of carbonyl (C=O) groups excluding carboxylic acids is 1. The van der Waals surface area contributed by atoms with Crippen molar-refractivity contribution in [1.29, 1.82) is 0 Å². The fourth-order valence-electron chi connectivity index (χ4n) is 4.62. The first-order valence-corrected chi connectivity index (χ1v) is 11.1. The number of hydrogen-bond acceptors (Lipinski definition) is 7. The Bertz CT molecular complexity index is 1350. The van der Waals surface area contributed by atoms with Gasteiger partial charge in [-0.05, 0) is 24.6 Å². The molecule has 2 fully saturated rings. The molecule has 10 heteroatoms. The molecular formula is C23H25N9O. The number of nitrogens with zero attached hydrogens (tertiary/aromatic N) is 7. The van der Waals surface area contributed by atoms with Crippen molar-refractivity contribution in [3.8, 4) is 22.6 Å². The number of anilines is 1. The van der Waals surface area contributed by atoms with Gasteiger partial charge in [0.25, 0.3) is 0 Å². The number of H-pyrrole nitrogens is 1. The van der Waals surface area contributed by atoms with Gasteiger partial charge in [0.15, 0.2) is 0 Å². The highest BCUT2D eigenvalue weighted by molar-refractivity contribution is 5.93. The van der Waals surface area contributed by atoms with Gasteiger partial charge < -0.3 is 10.2 Å². The minimum Gasteiger partial charge on any atom is -0.354 e. The summed E-state index contributed by atoms with van der Waals surface area (Å²) in [7, 11) is 1.89. The molecule has 33 heavy (non-hydrogen) atoms. The average molecular weight is 444 g/mol. The maximum Gasteiger partial charge on any atom is 0.234 e. The molecule has 4 aromatic heterocycles. The second-order valence-electron chi connectivity index (χ2n) is 8.81. The summed E-state index contributed by atoms with van der Waals surface area (Å²) >= 11 is 0. The molecule has 2 saturated heterocycles. The molecule has 0 radical (unpaired) electrons. The molecule has 0 atom stereocenters. The number of pyridine rings is 2. The van der Waals surface area contributed by atoms with Crippen molar-refractivity contribution < 1.29 is 4.79 Å². The van der Waals surface area contributed by atoms with Gasteiger partial charge >= 0.3 is 0 Å². The third kappa shape index (κ3) is 3.52. The van der Waals surface area contributed by atoms with Gasteiger partial charge in [-0.15, -0.1) is 0 Å². The van der Waals surface area contributed by atoms with E-state index in [4.69, 9.17) is 4.98 Å². The predicted molar refractivity (Wildman–Crippen MR) is 125 cm³/mol. The molecule has 1 amide bonds. The van der Waals surface area contributed by atoms with Crippen LogP contribution >= 0.6 is 0 Å². The van der Waals surface area contributed by atoms with Crippen molar-refractivity contribution in [3.05, 3.63) is 42.4 Å². The van der Waals surface area contributed by atoms with Crippen LogP contribution < -0.4 is 10.2 Å². The van der Waals surface area contributed by atoms with Crippen LogP contribution in [0.3, 0.4) is 0 Å². The molecule has 10 nitrogen and oxygen atoms in total. The Kier molecular flexibility index (Phi) is 4.61. The topological polar surface area (TPSA) is 108 Å². The number of aromatic amines is 1. The molecule has 168 valence electrons. The van der Waals surface area contributed by atoms with E-state index in [1.54, 1.807) is 10.9 Å². The Balaban J connectivity index is 1.28. The molecule has 0 saturated carbocycles. The van der Waals surface area contributed by atoms with Crippen molar-refractivity contribution in [2.45, 2.75) is 13.0 Å². The van der Waals surface area contributed by atoms with E-state index in [2.05, 4.69) is 48.4 Å². The maximum absolute atomic E-state index is 11.7. The SMILES string of the molecule is Cc1ccc(-c2n[nH]c3cnc(-c4cnn(C)c4)cc23)nc1N1CC(N2CCNC(=O)C2)C1. The van der Waals surface area contributed by atoms with Gasteiger partial charge in [0.05, 0.1) is 35.8 Å². The zero-order chi connectivity index (χ0) is 22.5. The Labute approximate surface area is 190 Å². The van der Waals surface area contributed by atoms with Crippen molar-refractivity contribution in [2.75, 3.05) is 37.6 Å². The minimum atomic E-state index is 0.113. The average Bonchev–Trinajstić information content (AvgIpc) is 3.40. The van der Waals surface area contributed by atoms with E-state index in [-0.39, 0.29) is 5.91 Å². The lowest BCUT2D eigenvalue weighted by Crippen LogP contribution is -2.64. The van der Waals surface area contributed by atoms with E-state index in [9.17, 15) is 4.79 Å². The summed E-state index contributed by atoms with van der Waals surface area (Å²) in [5.41, 5.74) is 5.44. The summed E-state index contributed by atoms with van der Waals surface area (Å²) in [6.45, 7) is 5.95. The summed E-state index contributed by atoms with van der Waals surface area (Å²) in [5.74, 6) is 1.09. The molecule has 0 spiro atoms. The number of carbonyl (C=O) groups is 1. The highest BCUT2D eigenvalue weighted by Gasteiger charge is 2.35. The molecular weight excluding hydrogens is 418 g/mol. The van der Waals surface area contributed by atoms with Crippen LogP contribution in [0.2, 0.25) is 0 Å². The molecule has 2 aliphatic rings. The van der Waals surface area contributed by atoms with E-state index in [1.165, 1.54) is 0 Å². The second kappa shape index (κ2) is 7.66. The van der Waals surface area contributed by atoms with Crippen LogP contribution in [0.1, 0.15) is 5.56 Å². The Hall–Kier alpha value is -3.79. The number of nitrogens with one attached hydrogen (secondary N) is 2. The monoisotopic (exact) mass is 443 g/mol. The Morgan fingerprint density at radius 2 is 2.03 bits per heavy atom. The molecule has 0 bridgehead atoms. The van der Waals surface area contributed by atoms with Gasteiger partial charge in [-0.2, -0.15) is 10.2 Å². The highest BCUT2D eigenvalue weighted by atomic mass is 16.2. The quantitative estimate of drug-likeness (QED) is 0.490. The predicted octanol–water partition coefficient (Wildman–Crippen LogP) is 1.35. The molecule has 4 aromatic rings. The first kappa shape index (κ1) is 19.9. The first-order valence-electron chi connectivity index (χ1n) is 11.1. The van der Waals surface area contributed by atoms with Crippen LogP contribution in [-0.4, -0.2) is 79.5 Å². The summed E-state index contributed by atoms with van der Waals surface area (Å²) in [6, 6.07) is 6.54. The number of hydrogen-bond donors (Lipinski definition) is 2. The van der Waals surface area contributed by atoms with Crippen molar-refractivity contribution in [1.82, 2.24) is 40.2 Å². The molecule has 0 aliphatic carbocycles. The lowest BCUT2D eigenvalue weighted by molar-refractivity contribution is -0.125. The van der Waals surface area contributed by atoms with Gasteiger partial charge in [0.2, 0.25) is 5.91 Å². The Morgan fingerprint density at radius 1 is 1.15 bits per heavy atom. The van der Waals surface area contributed by atoms with E-state index in [0.717, 1.165) is 71.1 Å². The fourth-order valence-corrected chi connectivity index (χ4v) is 4.62. The summed E-state index contributed by atoms with van der Waals surface area (Å²) in [6.07, 6.45) is 5.56. The van der Waals surface area contributed by atoms with Gasteiger partial charge in [-0.1, -0.05) is 6.07 Å². The van der Waals surface area contributed by atoms with Crippen LogP contribution in [0.4, 0.5) is 5.82 Å². The van der Waals surface area contributed by atoms with E-state index >= 15 is 0 Å². The second-order valence-corrected chi connectivity index (χ2v) is 8.81. The highest BCUT2D eigenvalue weighted by Crippen LogP contribution is 2.32. The van der Waals surface area contributed by atoms with E-state index in [1.807, 2.05) is 31.6 Å². The van der Waals surface area contributed by atoms with E-state index in [0.29, 0.717) is 12.6 Å². The molecule has 6 heterocycles. The molecule has 2 N–H and O–H groups in total. The van der Waals surface area contributed by atoms with Crippen molar-refractivity contribution in [2.24, 2.45) is 7.05 Å². The summed E-state index contributed by atoms with van der Waals surface area (Å²) < 4.78 is 1.77. The minimum absolute atomic E-state index is 0.113. The third-order valence-electron chi connectivity index (χ3n) is 6.51. The molecule has 6 rings (SSSR count). The summed E-state index contributed by atoms with van der Waals surface area (Å²) in [5, 5.41) is 15.8.